The van der Waals surface area contributed by atoms with Crippen molar-refractivity contribution < 1.29 is 9.47 Å². The molecule has 0 radical (unpaired) electrons. The second kappa shape index (κ2) is 5.61. The van der Waals surface area contributed by atoms with Crippen molar-refractivity contribution in [1.29, 1.82) is 0 Å². The first-order valence-corrected chi connectivity index (χ1v) is 5.11. The molecule has 0 aromatic carbocycles. The molecule has 0 N–H and O–H groups in total. The fraction of sp³-hybridized carbons (Fsp3) is 1.00. The first kappa shape index (κ1) is 12.9. The Morgan fingerprint density at radius 2 is 1.15 bits per heavy atom. The SMILES string of the molecule is CC(C)COC(C)(C)OCC(C)C. The lowest BCUT2D eigenvalue weighted by molar-refractivity contribution is -0.222. The van der Waals surface area contributed by atoms with E-state index >= 15 is 0 Å². The molecule has 0 aliphatic heterocycles. The van der Waals surface area contributed by atoms with Gasteiger partial charge in [0.15, 0.2) is 5.79 Å². The molecule has 0 unspecified atom stereocenters. The van der Waals surface area contributed by atoms with Crippen LogP contribution in [0, 0.1) is 11.8 Å². The molecular weight excluding hydrogens is 164 g/mol. The van der Waals surface area contributed by atoms with Gasteiger partial charge in [-0.05, 0) is 25.7 Å². The quantitative estimate of drug-likeness (QED) is 0.596. The van der Waals surface area contributed by atoms with Gasteiger partial charge in [-0.25, -0.2) is 0 Å². The molecule has 0 aromatic heterocycles. The Morgan fingerprint density at radius 1 is 0.846 bits per heavy atom. The third-order valence-electron chi connectivity index (χ3n) is 1.53. The Hall–Kier alpha value is -0.0800. The Kier molecular flexibility index (Phi) is 5.57. The smallest absolute Gasteiger partial charge is 0.162 e. The molecule has 0 rings (SSSR count). The summed E-state index contributed by atoms with van der Waals surface area (Å²) in [4.78, 5) is 0. The normalized spacial score (nSPS) is 12.9. The van der Waals surface area contributed by atoms with Gasteiger partial charge >= 0.3 is 0 Å². The van der Waals surface area contributed by atoms with Gasteiger partial charge in [-0.1, -0.05) is 27.7 Å². The van der Waals surface area contributed by atoms with Gasteiger partial charge in [0.25, 0.3) is 0 Å². The van der Waals surface area contributed by atoms with Gasteiger partial charge in [0.2, 0.25) is 0 Å². The molecule has 0 aliphatic carbocycles. The summed E-state index contributed by atoms with van der Waals surface area (Å²) in [6.07, 6.45) is 0. The first-order chi connectivity index (χ1) is 5.83. The van der Waals surface area contributed by atoms with Crippen molar-refractivity contribution >= 4 is 0 Å². The molecular formula is C11H24O2. The highest BCUT2D eigenvalue weighted by Crippen LogP contribution is 2.14. The highest BCUT2D eigenvalue weighted by Gasteiger charge is 2.19. The number of rotatable bonds is 6. The van der Waals surface area contributed by atoms with E-state index < -0.39 is 5.79 Å². The minimum atomic E-state index is -0.436. The lowest BCUT2D eigenvalue weighted by atomic mass is 10.2. The number of hydrogen-bond acceptors (Lipinski definition) is 2. The molecule has 0 aliphatic rings. The molecule has 0 heterocycles. The van der Waals surface area contributed by atoms with E-state index in [2.05, 4.69) is 27.7 Å². The van der Waals surface area contributed by atoms with E-state index in [1.165, 1.54) is 0 Å². The van der Waals surface area contributed by atoms with Gasteiger partial charge in [0.1, 0.15) is 0 Å². The van der Waals surface area contributed by atoms with Crippen molar-refractivity contribution in [2.75, 3.05) is 13.2 Å². The molecule has 80 valence electrons. The molecule has 0 aromatic rings. The minimum absolute atomic E-state index is 0.436. The fourth-order valence-electron chi connectivity index (χ4n) is 0.776. The molecule has 0 saturated carbocycles. The Morgan fingerprint density at radius 3 is 1.38 bits per heavy atom. The summed E-state index contributed by atoms with van der Waals surface area (Å²) >= 11 is 0. The monoisotopic (exact) mass is 188 g/mol. The maximum absolute atomic E-state index is 5.62. The molecule has 0 spiro atoms. The Bertz CT molecular complexity index is 114. The third kappa shape index (κ3) is 8.26. The van der Waals surface area contributed by atoms with Crippen LogP contribution in [0.1, 0.15) is 41.5 Å². The van der Waals surface area contributed by atoms with Crippen molar-refractivity contribution in [3.63, 3.8) is 0 Å². The summed E-state index contributed by atoms with van der Waals surface area (Å²) in [5.74, 6) is 0.679. The molecule has 0 amide bonds. The van der Waals surface area contributed by atoms with Crippen LogP contribution in [0.2, 0.25) is 0 Å². The van der Waals surface area contributed by atoms with Crippen LogP contribution >= 0.6 is 0 Å². The van der Waals surface area contributed by atoms with Crippen LogP contribution in [0.5, 0.6) is 0 Å². The molecule has 0 atom stereocenters. The minimum Gasteiger partial charge on any atom is -0.350 e. The van der Waals surface area contributed by atoms with Gasteiger partial charge in [-0.2, -0.15) is 0 Å². The third-order valence-corrected chi connectivity index (χ3v) is 1.53. The van der Waals surface area contributed by atoms with E-state index in [0.717, 1.165) is 13.2 Å². The molecule has 13 heavy (non-hydrogen) atoms. The van der Waals surface area contributed by atoms with Crippen molar-refractivity contribution in [1.82, 2.24) is 0 Å². The second-order valence-corrected chi connectivity index (χ2v) is 4.81. The van der Waals surface area contributed by atoms with E-state index in [1.54, 1.807) is 0 Å². The summed E-state index contributed by atoms with van der Waals surface area (Å²) in [5, 5.41) is 0. The van der Waals surface area contributed by atoms with E-state index in [9.17, 15) is 0 Å². The lowest BCUT2D eigenvalue weighted by Crippen LogP contribution is -2.31. The zero-order chi connectivity index (χ0) is 10.5. The summed E-state index contributed by atoms with van der Waals surface area (Å²) in [6.45, 7) is 14.0. The summed E-state index contributed by atoms with van der Waals surface area (Å²) in [7, 11) is 0. The fourth-order valence-corrected chi connectivity index (χ4v) is 0.776. The van der Waals surface area contributed by atoms with Crippen LogP contribution in [0.4, 0.5) is 0 Å². The number of ether oxygens (including phenoxy) is 2. The van der Waals surface area contributed by atoms with Gasteiger partial charge < -0.3 is 9.47 Å². The standard InChI is InChI=1S/C11H24O2/c1-9(2)7-12-11(5,6)13-8-10(3)4/h9-10H,7-8H2,1-6H3. The van der Waals surface area contributed by atoms with Crippen LogP contribution in [0.3, 0.4) is 0 Å². The van der Waals surface area contributed by atoms with Gasteiger partial charge in [-0.15, -0.1) is 0 Å². The van der Waals surface area contributed by atoms with Crippen molar-refractivity contribution in [3.8, 4) is 0 Å². The van der Waals surface area contributed by atoms with E-state index in [0.29, 0.717) is 11.8 Å². The predicted octanol–water partition coefficient (Wildman–Crippen LogP) is 3.07. The summed E-state index contributed by atoms with van der Waals surface area (Å²) in [5.41, 5.74) is 0. The maximum atomic E-state index is 5.62. The average Bonchev–Trinajstić information content (AvgIpc) is 1.98. The summed E-state index contributed by atoms with van der Waals surface area (Å²) < 4.78 is 11.2. The van der Waals surface area contributed by atoms with Crippen LogP contribution in [-0.2, 0) is 9.47 Å². The highest BCUT2D eigenvalue weighted by molar-refractivity contribution is 4.56. The van der Waals surface area contributed by atoms with E-state index in [1.807, 2.05) is 13.8 Å². The largest absolute Gasteiger partial charge is 0.350 e. The second-order valence-electron chi connectivity index (χ2n) is 4.81. The Labute approximate surface area is 82.6 Å². The summed E-state index contributed by atoms with van der Waals surface area (Å²) in [6, 6.07) is 0. The van der Waals surface area contributed by atoms with Crippen LogP contribution in [-0.4, -0.2) is 19.0 Å². The predicted molar refractivity (Wildman–Crippen MR) is 55.7 cm³/mol. The topological polar surface area (TPSA) is 18.5 Å². The van der Waals surface area contributed by atoms with Gasteiger partial charge in [0.05, 0.1) is 13.2 Å². The molecule has 2 nitrogen and oxygen atoms in total. The molecule has 0 saturated heterocycles. The van der Waals surface area contributed by atoms with Gasteiger partial charge in [-0.3, -0.25) is 0 Å². The van der Waals surface area contributed by atoms with Crippen molar-refractivity contribution in [3.05, 3.63) is 0 Å². The molecule has 0 bridgehead atoms. The zero-order valence-corrected chi connectivity index (χ0v) is 9.89. The van der Waals surface area contributed by atoms with Crippen LogP contribution in [0.15, 0.2) is 0 Å². The Balaban J connectivity index is 3.66. The van der Waals surface area contributed by atoms with Crippen molar-refractivity contribution in [2.45, 2.75) is 47.3 Å². The average molecular weight is 188 g/mol. The van der Waals surface area contributed by atoms with Crippen molar-refractivity contribution in [2.24, 2.45) is 11.8 Å². The first-order valence-electron chi connectivity index (χ1n) is 5.11. The van der Waals surface area contributed by atoms with Gasteiger partial charge in [0, 0.05) is 0 Å². The maximum Gasteiger partial charge on any atom is 0.162 e. The number of hydrogen-bond donors (Lipinski definition) is 0. The lowest BCUT2D eigenvalue weighted by Gasteiger charge is -2.27. The van der Waals surface area contributed by atoms with Crippen LogP contribution < -0.4 is 0 Å². The highest BCUT2D eigenvalue weighted by atomic mass is 16.7. The zero-order valence-electron chi connectivity index (χ0n) is 9.89. The molecule has 0 fully saturated rings. The van der Waals surface area contributed by atoms with Crippen LogP contribution in [0.25, 0.3) is 0 Å². The molecule has 2 heteroatoms. The van der Waals surface area contributed by atoms with E-state index in [4.69, 9.17) is 9.47 Å². The van der Waals surface area contributed by atoms with E-state index in [-0.39, 0.29) is 0 Å².